The second-order valence-electron chi connectivity index (χ2n) is 5.84. The summed E-state index contributed by atoms with van der Waals surface area (Å²) in [5.74, 6) is 0. The second kappa shape index (κ2) is 7.97. The first kappa shape index (κ1) is 16.8. The van der Waals surface area contributed by atoms with Crippen molar-refractivity contribution in [2.24, 2.45) is 5.41 Å². The fraction of sp³-hybridized carbons (Fsp3) is 0.529. The lowest BCUT2D eigenvalue weighted by Crippen LogP contribution is -2.06. The van der Waals surface area contributed by atoms with Crippen LogP contribution in [0.25, 0.3) is 0 Å². The molecule has 0 aliphatic carbocycles. The van der Waals surface area contributed by atoms with E-state index in [9.17, 15) is 0 Å². The normalized spacial score (nSPS) is 10.7. The van der Waals surface area contributed by atoms with E-state index in [2.05, 4.69) is 59.1 Å². The molecule has 0 unspecified atom stereocenters. The van der Waals surface area contributed by atoms with E-state index in [1.807, 2.05) is 0 Å². The van der Waals surface area contributed by atoms with E-state index in [1.54, 1.807) is 0 Å². The highest BCUT2D eigenvalue weighted by molar-refractivity contribution is 5.48. The molecular weight excluding hydrogens is 218 g/mol. The Bertz CT molecular complexity index is 347. The molecule has 0 aromatic heterocycles. The van der Waals surface area contributed by atoms with Crippen LogP contribution in [0.5, 0.6) is 0 Å². The Morgan fingerprint density at radius 3 is 2.22 bits per heavy atom. The second-order valence-corrected chi connectivity index (χ2v) is 5.84. The predicted molar refractivity (Wildman–Crippen MR) is 83.9 cm³/mol. The number of anilines is 1. The lowest BCUT2D eigenvalue weighted by molar-refractivity contribution is 0.378. The van der Waals surface area contributed by atoms with E-state index in [1.165, 1.54) is 17.5 Å². The van der Waals surface area contributed by atoms with E-state index in [0.717, 1.165) is 24.9 Å². The van der Waals surface area contributed by atoms with Crippen molar-refractivity contribution in [3.05, 3.63) is 42.5 Å². The maximum atomic E-state index is 5.96. The number of nitrogens with two attached hydrogens (primary N) is 1. The van der Waals surface area contributed by atoms with Gasteiger partial charge in [-0.05, 0) is 41.9 Å². The van der Waals surface area contributed by atoms with E-state index in [4.69, 9.17) is 5.73 Å². The molecule has 18 heavy (non-hydrogen) atoms. The van der Waals surface area contributed by atoms with Crippen molar-refractivity contribution in [1.82, 2.24) is 0 Å². The molecule has 1 aromatic carbocycles. The zero-order valence-electron chi connectivity index (χ0n) is 12.6. The van der Waals surface area contributed by atoms with Crippen molar-refractivity contribution in [2.75, 3.05) is 5.73 Å². The molecule has 0 saturated carbocycles. The van der Waals surface area contributed by atoms with Crippen LogP contribution in [0.4, 0.5) is 5.69 Å². The number of aryl methyl sites for hydroxylation is 2. The molecular formula is C17H29N. The zero-order valence-corrected chi connectivity index (χ0v) is 12.6. The zero-order chi connectivity index (χ0) is 14.2. The number of benzene rings is 1. The smallest absolute Gasteiger partial charge is 0.0346 e. The summed E-state index contributed by atoms with van der Waals surface area (Å²) in [6.07, 6.45) is 4.63. The van der Waals surface area contributed by atoms with Gasteiger partial charge in [0.1, 0.15) is 0 Å². The van der Waals surface area contributed by atoms with E-state index in [-0.39, 0.29) is 0 Å². The minimum atomic E-state index is 0.409. The lowest BCUT2D eigenvalue weighted by atomic mass is 9.88. The summed E-state index contributed by atoms with van der Waals surface area (Å²) >= 11 is 0. The topological polar surface area (TPSA) is 26.0 Å². The number of nitrogen functional groups attached to an aromatic ring is 1. The van der Waals surface area contributed by atoms with Crippen LogP contribution in [0.1, 0.15) is 51.7 Å². The van der Waals surface area contributed by atoms with Crippen LogP contribution in [-0.4, -0.2) is 0 Å². The molecule has 0 saturated heterocycles. The molecule has 0 amide bonds. The monoisotopic (exact) mass is 247 g/mol. The summed E-state index contributed by atoms with van der Waals surface area (Å²) in [6.45, 7) is 15.1. The molecule has 0 heterocycles. The third-order valence-corrected chi connectivity index (χ3v) is 2.89. The highest BCUT2D eigenvalue weighted by Crippen LogP contribution is 2.23. The minimum Gasteiger partial charge on any atom is -0.399 e. The molecule has 102 valence electrons. The van der Waals surface area contributed by atoms with Crippen molar-refractivity contribution in [3.8, 4) is 0 Å². The molecule has 0 aliphatic heterocycles. The number of hydrogen-bond donors (Lipinski definition) is 1. The molecule has 1 rings (SSSR count). The van der Waals surface area contributed by atoms with Crippen molar-refractivity contribution in [2.45, 2.75) is 53.4 Å². The average Bonchev–Trinajstić information content (AvgIpc) is 2.32. The van der Waals surface area contributed by atoms with Gasteiger partial charge < -0.3 is 5.73 Å². The van der Waals surface area contributed by atoms with Gasteiger partial charge in [0.25, 0.3) is 0 Å². The molecule has 1 heteroatoms. The van der Waals surface area contributed by atoms with Crippen LogP contribution in [0.3, 0.4) is 0 Å². The summed E-state index contributed by atoms with van der Waals surface area (Å²) in [5.41, 5.74) is 10.0. The Balaban J connectivity index is 0.00000137. The van der Waals surface area contributed by atoms with Gasteiger partial charge in [0.15, 0.2) is 0 Å². The SMILES string of the molecule is C=C.CCCc1cc(CCC(C)(C)C)ccc1N. The summed E-state index contributed by atoms with van der Waals surface area (Å²) in [5, 5.41) is 0. The average molecular weight is 247 g/mol. The van der Waals surface area contributed by atoms with Gasteiger partial charge in [-0.1, -0.05) is 46.2 Å². The third-order valence-electron chi connectivity index (χ3n) is 2.89. The highest BCUT2D eigenvalue weighted by atomic mass is 14.6. The maximum absolute atomic E-state index is 5.96. The van der Waals surface area contributed by atoms with Gasteiger partial charge in [-0.2, -0.15) is 0 Å². The van der Waals surface area contributed by atoms with E-state index >= 15 is 0 Å². The Morgan fingerprint density at radius 1 is 1.11 bits per heavy atom. The van der Waals surface area contributed by atoms with Crippen LogP contribution in [0.15, 0.2) is 31.4 Å². The first-order chi connectivity index (χ1) is 8.42. The van der Waals surface area contributed by atoms with Crippen molar-refractivity contribution >= 4 is 5.69 Å². The fourth-order valence-electron chi connectivity index (χ4n) is 1.82. The molecule has 2 N–H and O–H groups in total. The lowest BCUT2D eigenvalue weighted by Gasteiger charge is -2.18. The molecule has 0 aliphatic rings. The third kappa shape index (κ3) is 6.48. The summed E-state index contributed by atoms with van der Waals surface area (Å²) in [6, 6.07) is 6.51. The predicted octanol–water partition coefficient (Wildman–Crippen LogP) is 5.00. The molecule has 1 nitrogen and oxygen atoms in total. The van der Waals surface area contributed by atoms with Crippen LogP contribution in [-0.2, 0) is 12.8 Å². The molecule has 0 bridgehead atoms. The van der Waals surface area contributed by atoms with Gasteiger partial charge in [-0.25, -0.2) is 0 Å². The molecule has 0 spiro atoms. The first-order valence-corrected chi connectivity index (χ1v) is 6.79. The van der Waals surface area contributed by atoms with Crippen LogP contribution in [0, 0.1) is 5.41 Å². The van der Waals surface area contributed by atoms with Gasteiger partial charge in [-0.3, -0.25) is 0 Å². The summed E-state index contributed by atoms with van der Waals surface area (Å²) in [4.78, 5) is 0. The highest BCUT2D eigenvalue weighted by Gasteiger charge is 2.10. The maximum Gasteiger partial charge on any atom is 0.0346 e. The summed E-state index contributed by atoms with van der Waals surface area (Å²) < 4.78 is 0. The fourth-order valence-corrected chi connectivity index (χ4v) is 1.82. The van der Waals surface area contributed by atoms with Crippen molar-refractivity contribution in [1.29, 1.82) is 0 Å². The van der Waals surface area contributed by atoms with Gasteiger partial charge in [0, 0.05) is 5.69 Å². The molecule has 0 radical (unpaired) electrons. The van der Waals surface area contributed by atoms with E-state index in [0.29, 0.717) is 5.41 Å². The Hall–Kier alpha value is -1.24. The van der Waals surface area contributed by atoms with E-state index < -0.39 is 0 Å². The number of hydrogen-bond acceptors (Lipinski definition) is 1. The van der Waals surface area contributed by atoms with Crippen LogP contribution in [0.2, 0.25) is 0 Å². The Morgan fingerprint density at radius 2 is 1.72 bits per heavy atom. The van der Waals surface area contributed by atoms with Gasteiger partial charge in [-0.15, -0.1) is 13.2 Å². The van der Waals surface area contributed by atoms with Crippen LogP contribution < -0.4 is 5.73 Å². The standard InChI is InChI=1S/C15H25N.C2H4/c1-5-6-13-11-12(7-8-14(13)16)9-10-15(2,3)4;1-2/h7-8,11H,5-6,9-10,16H2,1-4H3;1-2H2. The first-order valence-electron chi connectivity index (χ1n) is 6.79. The van der Waals surface area contributed by atoms with Crippen LogP contribution >= 0.6 is 0 Å². The van der Waals surface area contributed by atoms with Gasteiger partial charge in [0.05, 0.1) is 0 Å². The van der Waals surface area contributed by atoms with Crippen molar-refractivity contribution < 1.29 is 0 Å². The minimum absolute atomic E-state index is 0.409. The quantitative estimate of drug-likeness (QED) is 0.588. The van der Waals surface area contributed by atoms with Crippen molar-refractivity contribution in [3.63, 3.8) is 0 Å². The largest absolute Gasteiger partial charge is 0.399 e. The summed E-state index contributed by atoms with van der Waals surface area (Å²) in [7, 11) is 0. The molecule has 0 atom stereocenters. The number of rotatable bonds is 4. The Labute approximate surface area is 113 Å². The Kier molecular flexibility index (Phi) is 7.42. The molecule has 0 fully saturated rings. The molecule has 1 aromatic rings. The van der Waals surface area contributed by atoms with Gasteiger partial charge in [0.2, 0.25) is 0 Å². The van der Waals surface area contributed by atoms with Gasteiger partial charge >= 0.3 is 0 Å².